The quantitative estimate of drug-likeness (QED) is 0.746. The number of rotatable bonds is 5. The first kappa shape index (κ1) is 13.1. The molecule has 2 rings (SSSR count). The molecule has 0 spiro atoms. The summed E-state index contributed by atoms with van der Waals surface area (Å²) in [6.07, 6.45) is 1.35. The summed E-state index contributed by atoms with van der Waals surface area (Å²) in [5.41, 5.74) is 0. The SMILES string of the molecule is CC[C@H](C)O[Si](c1ccccc1)c1ccccc1. The van der Waals surface area contributed by atoms with Crippen molar-refractivity contribution >= 4 is 19.4 Å². The van der Waals surface area contributed by atoms with Crippen molar-refractivity contribution in [3.63, 3.8) is 0 Å². The maximum absolute atomic E-state index is 6.27. The van der Waals surface area contributed by atoms with Gasteiger partial charge in [-0.1, -0.05) is 67.6 Å². The van der Waals surface area contributed by atoms with Crippen LogP contribution in [-0.4, -0.2) is 15.1 Å². The Hall–Kier alpha value is -1.38. The van der Waals surface area contributed by atoms with E-state index in [1.807, 2.05) is 0 Å². The highest BCUT2D eigenvalue weighted by atomic mass is 28.3. The number of hydrogen-bond acceptors (Lipinski definition) is 1. The largest absolute Gasteiger partial charge is 0.405 e. The monoisotopic (exact) mass is 255 g/mol. The Kier molecular flexibility index (Phi) is 4.73. The molecule has 1 radical (unpaired) electrons. The first-order valence-corrected chi connectivity index (χ1v) is 7.86. The molecule has 0 N–H and O–H groups in total. The van der Waals surface area contributed by atoms with E-state index in [0.29, 0.717) is 6.10 Å². The van der Waals surface area contributed by atoms with E-state index in [2.05, 4.69) is 74.5 Å². The minimum absolute atomic E-state index is 0.305. The minimum Gasteiger partial charge on any atom is -0.405 e. The number of hydrogen-bond donors (Lipinski definition) is 0. The normalized spacial score (nSPS) is 12.6. The molecule has 1 atom stereocenters. The van der Waals surface area contributed by atoms with Crippen LogP contribution in [0, 0.1) is 0 Å². The molecule has 2 aromatic rings. The van der Waals surface area contributed by atoms with Crippen molar-refractivity contribution in [3.05, 3.63) is 60.7 Å². The van der Waals surface area contributed by atoms with Gasteiger partial charge in [-0.2, -0.15) is 0 Å². The van der Waals surface area contributed by atoms with Crippen molar-refractivity contribution in [1.29, 1.82) is 0 Å². The topological polar surface area (TPSA) is 9.23 Å². The van der Waals surface area contributed by atoms with Crippen molar-refractivity contribution in [1.82, 2.24) is 0 Å². The van der Waals surface area contributed by atoms with Crippen LogP contribution in [0.1, 0.15) is 20.3 Å². The lowest BCUT2D eigenvalue weighted by atomic mass is 10.3. The summed E-state index contributed by atoms with van der Waals surface area (Å²) >= 11 is 0. The molecule has 0 amide bonds. The molecule has 18 heavy (non-hydrogen) atoms. The maximum Gasteiger partial charge on any atom is 0.283 e. The summed E-state index contributed by atoms with van der Waals surface area (Å²) in [4.78, 5) is 0. The molecule has 2 aromatic carbocycles. The molecule has 0 heterocycles. The fraction of sp³-hybridized carbons (Fsp3) is 0.250. The predicted octanol–water partition coefficient (Wildman–Crippen LogP) is 2.61. The van der Waals surface area contributed by atoms with Crippen molar-refractivity contribution in [3.8, 4) is 0 Å². The third kappa shape index (κ3) is 3.31. The van der Waals surface area contributed by atoms with E-state index < -0.39 is 9.04 Å². The number of benzene rings is 2. The van der Waals surface area contributed by atoms with Crippen LogP contribution < -0.4 is 10.4 Å². The smallest absolute Gasteiger partial charge is 0.283 e. The molecule has 0 bridgehead atoms. The molecular weight excluding hydrogens is 236 g/mol. The van der Waals surface area contributed by atoms with Gasteiger partial charge in [0.15, 0.2) is 0 Å². The molecule has 2 heteroatoms. The fourth-order valence-corrected chi connectivity index (χ4v) is 3.93. The maximum atomic E-state index is 6.27. The van der Waals surface area contributed by atoms with E-state index in [1.165, 1.54) is 10.4 Å². The zero-order valence-corrected chi connectivity index (χ0v) is 12.0. The third-order valence-corrected chi connectivity index (χ3v) is 5.32. The van der Waals surface area contributed by atoms with Gasteiger partial charge >= 0.3 is 0 Å². The van der Waals surface area contributed by atoms with E-state index in [1.54, 1.807) is 0 Å². The van der Waals surface area contributed by atoms with Gasteiger partial charge in [0, 0.05) is 6.10 Å². The molecule has 0 aromatic heterocycles. The Morgan fingerprint density at radius 2 is 1.33 bits per heavy atom. The van der Waals surface area contributed by atoms with Crippen molar-refractivity contribution in [2.45, 2.75) is 26.4 Å². The Balaban J connectivity index is 2.29. The zero-order chi connectivity index (χ0) is 12.8. The molecule has 0 saturated carbocycles. The highest BCUT2D eigenvalue weighted by Gasteiger charge is 2.20. The van der Waals surface area contributed by atoms with E-state index >= 15 is 0 Å². The van der Waals surface area contributed by atoms with Crippen LogP contribution in [0.3, 0.4) is 0 Å². The Morgan fingerprint density at radius 3 is 1.72 bits per heavy atom. The van der Waals surface area contributed by atoms with E-state index in [0.717, 1.165) is 6.42 Å². The van der Waals surface area contributed by atoms with Crippen LogP contribution in [0.15, 0.2) is 60.7 Å². The molecule has 0 aliphatic carbocycles. The summed E-state index contributed by atoms with van der Waals surface area (Å²) in [6, 6.07) is 21.1. The highest BCUT2D eigenvalue weighted by Crippen LogP contribution is 2.01. The van der Waals surface area contributed by atoms with Crippen LogP contribution in [0.2, 0.25) is 0 Å². The average Bonchev–Trinajstić information content (AvgIpc) is 2.46. The summed E-state index contributed by atoms with van der Waals surface area (Å²) in [7, 11) is -1.11. The Bertz CT molecular complexity index is 416. The van der Waals surface area contributed by atoms with Gasteiger partial charge < -0.3 is 4.43 Å². The van der Waals surface area contributed by atoms with Crippen LogP contribution in [-0.2, 0) is 4.43 Å². The molecular formula is C16H19OSi. The van der Waals surface area contributed by atoms with Gasteiger partial charge in [-0.25, -0.2) is 0 Å². The summed E-state index contributed by atoms with van der Waals surface area (Å²) in [5.74, 6) is 0. The van der Waals surface area contributed by atoms with Gasteiger partial charge in [-0.05, 0) is 23.7 Å². The lowest BCUT2D eigenvalue weighted by molar-refractivity contribution is 0.226. The second-order valence-corrected chi connectivity index (χ2v) is 6.45. The third-order valence-electron chi connectivity index (χ3n) is 2.97. The van der Waals surface area contributed by atoms with Crippen LogP contribution in [0.4, 0.5) is 0 Å². The van der Waals surface area contributed by atoms with E-state index in [4.69, 9.17) is 4.43 Å². The molecule has 93 valence electrons. The van der Waals surface area contributed by atoms with Gasteiger partial charge in [0.05, 0.1) is 0 Å². The minimum atomic E-state index is -1.11. The molecule has 0 saturated heterocycles. The van der Waals surface area contributed by atoms with Gasteiger partial charge in [-0.15, -0.1) is 0 Å². The fourth-order valence-electron chi connectivity index (χ4n) is 1.77. The van der Waals surface area contributed by atoms with Gasteiger partial charge in [-0.3, -0.25) is 0 Å². The van der Waals surface area contributed by atoms with Crippen LogP contribution in [0.25, 0.3) is 0 Å². The first-order valence-electron chi connectivity index (χ1n) is 6.45. The Labute approximate surface area is 111 Å². The predicted molar refractivity (Wildman–Crippen MR) is 78.7 cm³/mol. The lowest BCUT2D eigenvalue weighted by Gasteiger charge is -2.20. The van der Waals surface area contributed by atoms with E-state index in [9.17, 15) is 0 Å². The molecule has 0 fully saturated rings. The van der Waals surface area contributed by atoms with Crippen molar-refractivity contribution in [2.75, 3.05) is 0 Å². The van der Waals surface area contributed by atoms with Gasteiger partial charge in [0.1, 0.15) is 0 Å². The summed E-state index contributed by atoms with van der Waals surface area (Å²) in [5, 5.41) is 2.63. The van der Waals surface area contributed by atoms with Gasteiger partial charge in [0.25, 0.3) is 9.04 Å². The lowest BCUT2D eigenvalue weighted by Crippen LogP contribution is -2.46. The Morgan fingerprint density at radius 1 is 0.889 bits per heavy atom. The highest BCUT2D eigenvalue weighted by molar-refractivity contribution is 6.80. The second-order valence-electron chi connectivity index (χ2n) is 4.40. The van der Waals surface area contributed by atoms with Gasteiger partial charge in [0.2, 0.25) is 0 Å². The summed E-state index contributed by atoms with van der Waals surface area (Å²) < 4.78 is 6.27. The zero-order valence-electron chi connectivity index (χ0n) is 11.0. The molecule has 0 aliphatic heterocycles. The standard InChI is InChI=1S/C16H19OSi/c1-3-14(2)17-18(15-10-6-4-7-11-15)16-12-8-5-9-13-16/h4-14H,3H2,1-2H3/t14-/m0/s1. The average molecular weight is 255 g/mol. The molecule has 1 nitrogen and oxygen atoms in total. The molecule has 0 aliphatic rings. The van der Waals surface area contributed by atoms with Crippen molar-refractivity contribution < 1.29 is 4.43 Å². The second kappa shape index (κ2) is 6.52. The van der Waals surface area contributed by atoms with E-state index in [-0.39, 0.29) is 0 Å². The molecule has 0 unspecified atom stereocenters. The summed E-state index contributed by atoms with van der Waals surface area (Å²) in [6.45, 7) is 4.32. The van der Waals surface area contributed by atoms with Crippen LogP contribution in [0.5, 0.6) is 0 Å². The van der Waals surface area contributed by atoms with Crippen molar-refractivity contribution in [2.24, 2.45) is 0 Å². The first-order chi connectivity index (χ1) is 8.81. The van der Waals surface area contributed by atoms with Crippen LogP contribution >= 0.6 is 0 Å².